The summed E-state index contributed by atoms with van der Waals surface area (Å²) in [6.45, 7) is 0.0696. The molecule has 0 unspecified atom stereocenters. The molecule has 0 aliphatic heterocycles. The largest absolute Gasteiger partial charge is 0.496 e. The Labute approximate surface area is 125 Å². The minimum atomic E-state index is -1.08. The molecule has 1 aromatic rings. The van der Waals surface area contributed by atoms with Gasteiger partial charge in [0.2, 0.25) is 0 Å². The summed E-state index contributed by atoms with van der Waals surface area (Å²) in [6, 6.07) is 4.94. The van der Waals surface area contributed by atoms with E-state index in [-0.39, 0.29) is 19.7 Å². The van der Waals surface area contributed by atoms with E-state index in [0.717, 1.165) is 4.47 Å². The fraction of sp³-hybridized carbons (Fsp3) is 0.385. The van der Waals surface area contributed by atoms with E-state index in [1.807, 2.05) is 0 Å². The second kappa shape index (κ2) is 7.86. The summed E-state index contributed by atoms with van der Waals surface area (Å²) in [4.78, 5) is 24.4. The first-order chi connectivity index (χ1) is 9.49. The molecule has 0 aromatic heterocycles. The first-order valence-corrected chi connectivity index (χ1v) is 6.62. The number of carbonyl (C=O) groups is 2. The van der Waals surface area contributed by atoms with Crippen LogP contribution in [0, 0.1) is 0 Å². The third kappa shape index (κ3) is 4.50. The molecule has 1 N–H and O–H groups in total. The van der Waals surface area contributed by atoms with Crippen LogP contribution in [-0.2, 0) is 9.53 Å². The lowest BCUT2D eigenvalue weighted by Crippen LogP contribution is -2.38. The van der Waals surface area contributed by atoms with Gasteiger partial charge >= 0.3 is 5.97 Å². The van der Waals surface area contributed by atoms with Crippen LogP contribution in [0.25, 0.3) is 0 Å². The van der Waals surface area contributed by atoms with Crippen LogP contribution in [0.15, 0.2) is 22.7 Å². The summed E-state index contributed by atoms with van der Waals surface area (Å²) in [5, 5.41) is 8.88. The standard InChI is InChI=1S/C13H16BrNO5/c1-19-6-5-15(8-12(16)17)13(18)10-4-3-9(14)7-11(10)20-2/h3-4,7H,5-6,8H2,1-2H3,(H,16,17). The van der Waals surface area contributed by atoms with Gasteiger partial charge < -0.3 is 19.5 Å². The lowest BCUT2D eigenvalue weighted by molar-refractivity contribution is -0.137. The average molecular weight is 346 g/mol. The number of hydrogen-bond donors (Lipinski definition) is 1. The molecule has 0 fully saturated rings. The topological polar surface area (TPSA) is 76.1 Å². The van der Waals surface area contributed by atoms with Crippen LogP contribution >= 0.6 is 15.9 Å². The summed E-state index contributed by atoms with van der Waals surface area (Å²) >= 11 is 3.29. The molecule has 1 aromatic carbocycles. The molecule has 0 saturated carbocycles. The molecule has 0 aliphatic carbocycles. The van der Waals surface area contributed by atoms with Crippen LogP contribution in [0.4, 0.5) is 0 Å². The van der Waals surface area contributed by atoms with Gasteiger partial charge in [-0.05, 0) is 18.2 Å². The molecule has 0 radical (unpaired) electrons. The molecular formula is C13H16BrNO5. The zero-order chi connectivity index (χ0) is 15.1. The highest BCUT2D eigenvalue weighted by atomic mass is 79.9. The molecule has 20 heavy (non-hydrogen) atoms. The monoisotopic (exact) mass is 345 g/mol. The number of benzene rings is 1. The molecule has 7 heteroatoms. The normalized spacial score (nSPS) is 10.2. The lowest BCUT2D eigenvalue weighted by Gasteiger charge is -2.21. The van der Waals surface area contributed by atoms with Gasteiger partial charge in [0.1, 0.15) is 12.3 Å². The van der Waals surface area contributed by atoms with E-state index in [0.29, 0.717) is 11.3 Å². The van der Waals surface area contributed by atoms with E-state index in [1.54, 1.807) is 18.2 Å². The van der Waals surface area contributed by atoms with Crippen molar-refractivity contribution >= 4 is 27.8 Å². The molecule has 0 bridgehead atoms. The van der Waals surface area contributed by atoms with Gasteiger partial charge in [0, 0.05) is 18.1 Å². The van der Waals surface area contributed by atoms with E-state index in [2.05, 4.69) is 15.9 Å². The van der Waals surface area contributed by atoms with Crippen LogP contribution in [0.3, 0.4) is 0 Å². The number of hydrogen-bond acceptors (Lipinski definition) is 4. The minimum absolute atomic E-state index is 0.195. The van der Waals surface area contributed by atoms with Crippen LogP contribution in [-0.4, -0.2) is 55.8 Å². The number of ether oxygens (including phenoxy) is 2. The molecule has 0 saturated heterocycles. The van der Waals surface area contributed by atoms with Gasteiger partial charge in [-0.3, -0.25) is 9.59 Å². The molecule has 0 heterocycles. The van der Waals surface area contributed by atoms with Crippen molar-refractivity contribution in [2.45, 2.75) is 0 Å². The highest BCUT2D eigenvalue weighted by molar-refractivity contribution is 9.10. The first kappa shape index (κ1) is 16.5. The molecular weight excluding hydrogens is 330 g/mol. The third-order valence-corrected chi connectivity index (χ3v) is 3.07. The Hall–Kier alpha value is -1.60. The van der Waals surface area contributed by atoms with Gasteiger partial charge in [-0.25, -0.2) is 0 Å². The Kier molecular flexibility index (Phi) is 6.47. The smallest absolute Gasteiger partial charge is 0.323 e. The number of aliphatic carboxylic acids is 1. The maximum absolute atomic E-state index is 12.4. The van der Waals surface area contributed by atoms with Crippen LogP contribution in [0.5, 0.6) is 5.75 Å². The van der Waals surface area contributed by atoms with Gasteiger partial charge in [0.15, 0.2) is 0 Å². The van der Waals surface area contributed by atoms with Gasteiger partial charge in [0.25, 0.3) is 5.91 Å². The maximum Gasteiger partial charge on any atom is 0.323 e. The zero-order valence-electron chi connectivity index (χ0n) is 11.3. The van der Waals surface area contributed by atoms with Gasteiger partial charge in [0.05, 0.1) is 19.3 Å². The molecule has 0 spiro atoms. The third-order valence-electron chi connectivity index (χ3n) is 2.57. The number of halogens is 1. The highest BCUT2D eigenvalue weighted by Crippen LogP contribution is 2.24. The number of methoxy groups -OCH3 is 2. The second-order valence-electron chi connectivity index (χ2n) is 3.96. The van der Waals surface area contributed by atoms with Crippen molar-refractivity contribution in [3.63, 3.8) is 0 Å². The van der Waals surface area contributed by atoms with Crippen LogP contribution in [0.1, 0.15) is 10.4 Å². The number of nitrogens with zero attached hydrogens (tertiary/aromatic N) is 1. The second-order valence-corrected chi connectivity index (χ2v) is 4.87. The highest BCUT2D eigenvalue weighted by Gasteiger charge is 2.21. The Morgan fingerprint density at radius 2 is 2.05 bits per heavy atom. The molecule has 1 amide bonds. The molecule has 0 atom stereocenters. The Morgan fingerprint density at radius 3 is 2.60 bits per heavy atom. The van der Waals surface area contributed by atoms with Crippen LogP contribution in [0.2, 0.25) is 0 Å². The molecule has 1 rings (SSSR count). The SMILES string of the molecule is COCCN(CC(=O)O)C(=O)c1ccc(Br)cc1OC. The first-order valence-electron chi connectivity index (χ1n) is 5.83. The van der Waals surface area contributed by atoms with E-state index in [1.165, 1.54) is 19.1 Å². The Morgan fingerprint density at radius 1 is 1.35 bits per heavy atom. The molecule has 6 nitrogen and oxygen atoms in total. The number of amides is 1. The van der Waals surface area contributed by atoms with E-state index < -0.39 is 11.9 Å². The van der Waals surface area contributed by atoms with Crippen molar-refractivity contribution in [3.8, 4) is 5.75 Å². The van der Waals surface area contributed by atoms with Crippen molar-refractivity contribution in [2.24, 2.45) is 0 Å². The molecule has 0 aliphatic rings. The van der Waals surface area contributed by atoms with Gasteiger partial charge in [-0.2, -0.15) is 0 Å². The summed E-state index contributed by atoms with van der Waals surface area (Å²) < 4.78 is 10.8. The predicted molar refractivity (Wildman–Crippen MR) is 76.1 cm³/mol. The van der Waals surface area contributed by atoms with Crippen molar-refractivity contribution in [1.82, 2.24) is 4.90 Å². The van der Waals surface area contributed by atoms with E-state index in [4.69, 9.17) is 14.6 Å². The summed E-state index contributed by atoms with van der Waals surface area (Å²) in [5.41, 5.74) is 0.313. The number of carbonyl (C=O) groups excluding carboxylic acids is 1. The van der Waals surface area contributed by atoms with Crippen molar-refractivity contribution in [2.75, 3.05) is 33.9 Å². The summed E-state index contributed by atoms with van der Waals surface area (Å²) in [6.07, 6.45) is 0. The zero-order valence-corrected chi connectivity index (χ0v) is 12.8. The lowest BCUT2D eigenvalue weighted by atomic mass is 10.1. The fourth-order valence-electron chi connectivity index (χ4n) is 1.63. The minimum Gasteiger partial charge on any atom is -0.496 e. The fourth-order valence-corrected chi connectivity index (χ4v) is 1.97. The quantitative estimate of drug-likeness (QED) is 0.812. The Bertz CT molecular complexity index is 492. The Balaban J connectivity index is 3.01. The average Bonchev–Trinajstić information content (AvgIpc) is 2.42. The van der Waals surface area contributed by atoms with Crippen molar-refractivity contribution < 1.29 is 24.2 Å². The number of rotatable bonds is 7. The number of carboxylic acid groups (broad SMARTS) is 1. The number of carboxylic acids is 1. The van der Waals surface area contributed by atoms with E-state index >= 15 is 0 Å². The van der Waals surface area contributed by atoms with Crippen molar-refractivity contribution in [1.29, 1.82) is 0 Å². The summed E-state index contributed by atoms with van der Waals surface area (Å²) in [7, 11) is 2.94. The van der Waals surface area contributed by atoms with Crippen molar-refractivity contribution in [3.05, 3.63) is 28.2 Å². The maximum atomic E-state index is 12.4. The van der Waals surface area contributed by atoms with Crippen LogP contribution < -0.4 is 4.74 Å². The van der Waals surface area contributed by atoms with Gasteiger partial charge in [-0.1, -0.05) is 15.9 Å². The van der Waals surface area contributed by atoms with Gasteiger partial charge in [-0.15, -0.1) is 0 Å². The predicted octanol–water partition coefficient (Wildman–Crippen LogP) is 1.63. The van der Waals surface area contributed by atoms with E-state index in [9.17, 15) is 9.59 Å². The molecule has 110 valence electrons. The summed E-state index contributed by atoms with van der Waals surface area (Å²) in [5.74, 6) is -1.10.